The van der Waals surface area contributed by atoms with Crippen molar-refractivity contribution in [2.75, 3.05) is 18.0 Å². The molecule has 5 nitrogen and oxygen atoms in total. The lowest BCUT2D eigenvalue weighted by Crippen LogP contribution is -2.22. The SMILES string of the molecule is N#Cc1cc(CO)ccc1N1CC(O)C(O)C1. The molecular formula is C12H14N2O3. The third-order valence-corrected chi connectivity index (χ3v) is 2.96. The van der Waals surface area contributed by atoms with E-state index in [1.807, 2.05) is 0 Å². The van der Waals surface area contributed by atoms with E-state index in [0.29, 0.717) is 29.9 Å². The summed E-state index contributed by atoms with van der Waals surface area (Å²) < 4.78 is 0. The Bertz CT molecular complexity index is 446. The number of benzene rings is 1. The molecule has 0 aliphatic carbocycles. The van der Waals surface area contributed by atoms with Crippen LogP contribution in [-0.4, -0.2) is 40.6 Å². The third kappa shape index (κ3) is 2.24. The van der Waals surface area contributed by atoms with Gasteiger partial charge in [-0.25, -0.2) is 0 Å². The number of aliphatic hydroxyl groups is 3. The second kappa shape index (κ2) is 4.72. The second-order valence-electron chi connectivity index (χ2n) is 4.16. The summed E-state index contributed by atoms with van der Waals surface area (Å²) in [6, 6.07) is 7.14. The summed E-state index contributed by atoms with van der Waals surface area (Å²) in [5.41, 5.74) is 1.80. The number of nitrogens with zero attached hydrogens (tertiary/aromatic N) is 2. The zero-order valence-corrected chi connectivity index (χ0v) is 9.24. The average molecular weight is 234 g/mol. The zero-order valence-electron chi connectivity index (χ0n) is 9.24. The quantitative estimate of drug-likeness (QED) is 0.647. The van der Waals surface area contributed by atoms with E-state index in [9.17, 15) is 10.2 Å². The molecule has 2 atom stereocenters. The van der Waals surface area contributed by atoms with E-state index in [-0.39, 0.29) is 6.61 Å². The van der Waals surface area contributed by atoms with Crippen LogP contribution in [0.25, 0.3) is 0 Å². The highest BCUT2D eigenvalue weighted by molar-refractivity contribution is 5.61. The Morgan fingerprint density at radius 1 is 1.29 bits per heavy atom. The summed E-state index contributed by atoms with van der Waals surface area (Å²) in [5.74, 6) is 0. The van der Waals surface area contributed by atoms with Gasteiger partial charge in [0.2, 0.25) is 0 Å². The number of nitriles is 1. The molecule has 1 aromatic rings. The molecule has 5 heteroatoms. The minimum Gasteiger partial charge on any atom is -0.392 e. The lowest BCUT2D eigenvalue weighted by atomic mass is 10.1. The van der Waals surface area contributed by atoms with Crippen LogP contribution in [0.4, 0.5) is 5.69 Å². The standard InChI is InChI=1S/C12H14N2O3/c13-4-9-3-8(7-15)1-2-10(9)14-5-11(16)12(17)6-14/h1-3,11-12,15-17H,5-7H2. The Morgan fingerprint density at radius 3 is 2.47 bits per heavy atom. The molecule has 0 aromatic heterocycles. The number of rotatable bonds is 2. The molecule has 0 radical (unpaired) electrons. The Labute approximate surface area is 99.2 Å². The Kier molecular flexibility index (Phi) is 3.29. The summed E-state index contributed by atoms with van der Waals surface area (Å²) in [7, 11) is 0. The molecule has 1 aromatic carbocycles. The van der Waals surface area contributed by atoms with Gasteiger partial charge in [0.25, 0.3) is 0 Å². The molecule has 3 N–H and O–H groups in total. The van der Waals surface area contributed by atoms with Crippen molar-refractivity contribution in [3.8, 4) is 6.07 Å². The van der Waals surface area contributed by atoms with Gasteiger partial charge >= 0.3 is 0 Å². The van der Waals surface area contributed by atoms with E-state index in [2.05, 4.69) is 6.07 Å². The predicted molar refractivity (Wildman–Crippen MR) is 61.3 cm³/mol. The van der Waals surface area contributed by atoms with E-state index < -0.39 is 12.2 Å². The summed E-state index contributed by atoms with van der Waals surface area (Å²) in [6.45, 7) is 0.517. The first-order valence-corrected chi connectivity index (χ1v) is 5.40. The fourth-order valence-corrected chi connectivity index (χ4v) is 2.01. The van der Waals surface area contributed by atoms with Crippen LogP contribution >= 0.6 is 0 Å². The number of aliphatic hydroxyl groups excluding tert-OH is 3. The highest BCUT2D eigenvalue weighted by Crippen LogP contribution is 2.25. The summed E-state index contributed by atoms with van der Waals surface area (Å²) in [6.07, 6.45) is -1.56. The third-order valence-electron chi connectivity index (χ3n) is 2.96. The van der Waals surface area contributed by atoms with E-state index in [1.54, 1.807) is 23.1 Å². The van der Waals surface area contributed by atoms with Gasteiger partial charge in [0.15, 0.2) is 0 Å². The van der Waals surface area contributed by atoms with Gasteiger partial charge < -0.3 is 20.2 Å². The molecule has 0 amide bonds. The lowest BCUT2D eigenvalue weighted by molar-refractivity contribution is 0.0572. The fourth-order valence-electron chi connectivity index (χ4n) is 2.01. The van der Waals surface area contributed by atoms with Gasteiger partial charge in [-0.05, 0) is 17.7 Å². The van der Waals surface area contributed by atoms with E-state index >= 15 is 0 Å². The molecule has 17 heavy (non-hydrogen) atoms. The summed E-state index contributed by atoms with van der Waals surface area (Å²) in [4.78, 5) is 1.77. The minimum absolute atomic E-state index is 0.111. The highest BCUT2D eigenvalue weighted by Gasteiger charge is 2.30. The Balaban J connectivity index is 2.30. The molecule has 0 saturated carbocycles. The van der Waals surface area contributed by atoms with Gasteiger partial charge in [0.05, 0.1) is 30.1 Å². The number of β-amino-alcohol motifs (C(OH)–C–C–N with tert-alkyl or cyclic N) is 2. The van der Waals surface area contributed by atoms with Crippen LogP contribution in [0.15, 0.2) is 18.2 Å². The van der Waals surface area contributed by atoms with Crippen LogP contribution in [0.1, 0.15) is 11.1 Å². The first-order chi connectivity index (χ1) is 8.15. The topological polar surface area (TPSA) is 87.7 Å². The molecular weight excluding hydrogens is 220 g/mol. The van der Waals surface area contributed by atoms with Gasteiger partial charge in [-0.3, -0.25) is 0 Å². The maximum absolute atomic E-state index is 9.48. The maximum atomic E-state index is 9.48. The molecule has 1 aliphatic rings. The molecule has 1 aliphatic heterocycles. The van der Waals surface area contributed by atoms with Gasteiger partial charge in [0.1, 0.15) is 6.07 Å². The van der Waals surface area contributed by atoms with Crippen molar-refractivity contribution in [3.63, 3.8) is 0 Å². The van der Waals surface area contributed by atoms with Gasteiger partial charge in [0, 0.05) is 13.1 Å². The Morgan fingerprint density at radius 2 is 1.94 bits per heavy atom. The molecule has 2 rings (SSSR count). The van der Waals surface area contributed by atoms with Crippen molar-refractivity contribution < 1.29 is 15.3 Å². The molecule has 1 fully saturated rings. The van der Waals surface area contributed by atoms with Crippen LogP contribution < -0.4 is 4.90 Å². The fraction of sp³-hybridized carbons (Fsp3) is 0.417. The highest BCUT2D eigenvalue weighted by atomic mass is 16.3. The predicted octanol–water partition coefficient (Wildman–Crippen LogP) is -0.408. The van der Waals surface area contributed by atoms with Crippen LogP contribution in [0, 0.1) is 11.3 Å². The van der Waals surface area contributed by atoms with Crippen molar-refractivity contribution in [1.82, 2.24) is 0 Å². The monoisotopic (exact) mass is 234 g/mol. The lowest BCUT2D eigenvalue weighted by Gasteiger charge is -2.19. The minimum atomic E-state index is -0.779. The second-order valence-corrected chi connectivity index (χ2v) is 4.16. The molecule has 0 spiro atoms. The van der Waals surface area contributed by atoms with Crippen LogP contribution in [0.2, 0.25) is 0 Å². The van der Waals surface area contributed by atoms with Gasteiger partial charge in [-0.1, -0.05) is 6.07 Å². The zero-order chi connectivity index (χ0) is 12.4. The number of hydrogen-bond acceptors (Lipinski definition) is 5. The van der Waals surface area contributed by atoms with Crippen LogP contribution in [-0.2, 0) is 6.61 Å². The normalized spacial score (nSPS) is 23.8. The number of anilines is 1. The van der Waals surface area contributed by atoms with Crippen molar-refractivity contribution in [1.29, 1.82) is 5.26 Å². The summed E-state index contributed by atoms with van der Waals surface area (Å²) in [5, 5.41) is 37.0. The van der Waals surface area contributed by atoms with Crippen LogP contribution in [0.5, 0.6) is 0 Å². The van der Waals surface area contributed by atoms with Crippen molar-refractivity contribution in [2.45, 2.75) is 18.8 Å². The maximum Gasteiger partial charge on any atom is 0.101 e. The average Bonchev–Trinajstić information content (AvgIpc) is 2.68. The van der Waals surface area contributed by atoms with Crippen molar-refractivity contribution in [3.05, 3.63) is 29.3 Å². The van der Waals surface area contributed by atoms with Crippen molar-refractivity contribution in [2.24, 2.45) is 0 Å². The molecule has 1 saturated heterocycles. The first kappa shape index (κ1) is 11.9. The molecule has 1 heterocycles. The molecule has 0 bridgehead atoms. The van der Waals surface area contributed by atoms with Gasteiger partial charge in [-0.2, -0.15) is 5.26 Å². The van der Waals surface area contributed by atoms with E-state index in [0.717, 1.165) is 0 Å². The van der Waals surface area contributed by atoms with Gasteiger partial charge in [-0.15, -0.1) is 0 Å². The van der Waals surface area contributed by atoms with E-state index in [1.165, 1.54) is 0 Å². The molecule has 2 unspecified atom stereocenters. The van der Waals surface area contributed by atoms with Crippen molar-refractivity contribution >= 4 is 5.69 Å². The van der Waals surface area contributed by atoms with Crippen LogP contribution in [0.3, 0.4) is 0 Å². The Hall–Kier alpha value is -1.61. The largest absolute Gasteiger partial charge is 0.392 e. The smallest absolute Gasteiger partial charge is 0.101 e. The summed E-state index contributed by atoms with van der Waals surface area (Å²) >= 11 is 0. The first-order valence-electron chi connectivity index (χ1n) is 5.40. The van der Waals surface area contributed by atoms with E-state index in [4.69, 9.17) is 10.4 Å². The molecule has 90 valence electrons. The number of hydrogen-bond donors (Lipinski definition) is 3.